The van der Waals surface area contributed by atoms with Gasteiger partial charge in [0, 0.05) is 24.0 Å². The molecule has 158 valence electrons. The minimum atomic E-state index is -0.306. The number of amides is 3. The van der Waals surface area contributed by atoms with Crippen LogP contribution in [0.1, 0.15) is 44.1 Å². The summed E-state index contributed by atoms with van der Waals surface area (Å²) in [6.45, 7) is 7.28. The minimum Gasteiger partial charge on any atom is -0.338 e. The monoisotopic (exact) mass is 419 g/mol. The van der Waals surface area contributed by atoms with Crippen molar-refractivity contribution in [3.8, 4) is 0 Å². The van der Waals surface area contributed by atoms with Crippen LogP contribution in [0.15, 0.2) is 41.8 Å². The number of halogens is 1. The van der Waals surface area contributed by atoms with Crippen molar-refractivity contribution >= 4 is 23.3 Å². The van der Waals surface area contributed by atoms with Crippen LogP contribution in [0.25, 0.3) is 0 Å². The van der Waals surface area contributed by atoms with E-state index in [9.17, 15) is 14.0 Å². The van der Waals surface area contributed by atoms with E-state index in [1.165, 1.54) is 12.1 Å². The molecule has 0 radical (unpaired) electrons. The van der Waals surface area contributed by atoms with Gasteiger partial charge in [-0.15, -0.1) is 11.3 Å². The quantitative estimate of drug-likeness (QED) is 0.571. The maximum atomic E-state index is 13.2. The van der Waals surface area contributed by atoms with Gasteiger partial charge in [0.2, 0.25) is 5.91 Å². The Morgan fingerprint density at radius 2 is 1.86 bits per heavy atom. The molecule has 5 nitrogen and oxygen atoms in total. The smallest absolute Gasteiger partial charge is 0.318 e. The summed E-state index contributed by atoms with van der Waals surface area (Å²) < 4.78 is 13.2. The van der Waals surface area contributed by atoms with Gasteiger partial charge in [0.25, 0.3) is 0 Å². The highest BCUT2D eigenvalue weighted by Crippen LogP contribution is 2.16. The van der Waals surface area contributed by atoms with E-state index in [-0.39, 0.29) is 30.3 Å². The molecule has 0 aliphatic heterocycles. The van der Waals surface area contributed by atoms with Crippen molar-refractivity contribution < 1.29 is 14.0 Å². The highest BCUT2D eigenvalue weighted by molar-refractivity contribution is 7.09. The maximum absolute atomic E-state index is 13.2. The molecule has 0 spiro atoms. The van der Waals surface area contributed by atoms with Crippen molar-refractivity contribution in [2.24, 2.45) is 0 Å². The van der Waals surface area contributed by atoms with Gasteiger partial charge in [-0.1, -0.05) is 31.5 Å². The Hall–Kier alpha value is -2.41. The van der Waals surface area contributed by atoms with Gasteiger partial charge in [-0.2, -0.15) is 0 Å². The lowest BCUT2D eigenvalue weighted by Crippen LogP contribution is -2.49. The van der Waals surface area contributed by atoms with Gasteiger partial charge >= 0.3 is 6.03 Å². The second kappa shape index (κ2) is 11.6. The normalized spacial score (nSPS) is 10.8. The number of hydrogen-bond donors (Lipinski definition) is 1. The molecule has 2 aromatic rings. The topological polar surface area (TPSA) is 52.7 Å². The van der Waals surface area contributed by atoms with Crippen molar-refractivity contribution in [3.63, 3.8) is 0 Å². The zero-order chi connectivity index (χ0) is 21.2. The molecule has 1 aromatic carbocycles. The Labute approximate surface area is 176 Å². The number of benzene rings is 1. The number of thiophene rings is 1. The van der Waals surface area contributed by atoms with Crippen LogP contribution in [0.2, 0.25) is 0 Å². The fourth-order valence-electron chi connectivity index (χ4n) is 2.84. The van der Waals surface area contributed by atoms with Crippen LogP contribution in [0, 0.1) is 5.82 Å². The molecule has 0 unspecified atom stereocenters. The molecule has 29 heavy (non-hydrogen) atoms. The Kier molecular flexibility index (Phi) is 9.12. The fraction of sp³-hybridized carbons (Fsp3) is 0.455. The van der Waals surface area contributed by atoms with Gasteiger partial charge in [-0.3, -0.25) is 4.79 Å². The minimum absolute atomic E-state index is 0.00218. The number of hydrogen-bond acceptors (Lipinski definition) is 3. The summed E-state index contributed by atoms with van der Waals surface area (Å²) in [4.78, 5) is 30.0. The van der Waals surface area contributed by atoms with Gasteiger partial charge in [-0.25, -0.2) is 9.18 Å². The van der Waals surface area contributed by atoms with Crippen LogP contribution in [-0.4, -0.2) is 40.9 Å². The van der Waals surface area contributed by atoms with Crippen LogP contribution in [0.4, 0.5) is 9.18 Å². The van der Waals surface area contributed by atoms with Gasteiger partial charge in [-0.05, 0) is 49.4 Å². The van der Waals surface area contributed by atoms with E-state index in [0.29, 0.717) is 19.6 Å². The summed E-state index contributed by atoms with van der Waals surface area (Å²) in [5.74, 6) is -0.443. The first-order valence-corrected chi connectivity index (χ1v) is 10.9. The summed E-state index contributed by atoms with van der Waals surface area (Å²) in [6.07, 6.45) is 1.90. The molecule has 0 saturated heterocycles. The summed E-state index contributed by atoms with van der Waals surface area (Å²) in [5.41, 5.74) is 0.847. The van der Waals surface area contributed by atoms with Crippen molar-refractivity contribution in [1.29, 1.82) is 0 Å². The van der Waals surface area contributed by atoms with E-state index in [1.54, 1.807) is 33.3 Å². The molecule has 0 aliphatic carbocycles. The first kappa shape index (κ1) is 22.9. The van der Waals surface area contributed by atoms with Gasteiger partial charge < -0.3 is 15.1 Å². The molecular formula is C22H30FN3O2S. The fourth-order valence-corrected chi connectivity index (χ4v) is 3.56. The van der Waals surface area contributed by atoms with Crippen LogP contribution in [0.5, 0.6) is 0 Å². The third-order valence-corrected chi connectivity index (χ3v) is 5.42. The summed E-state index contributed by atoms with van der Waals surface area (Å²) >= 11 is 1.58. The van der Waals surface area contributed by atoms with E-state index in [1.807, 2.05) is 31.4 Å². The first-order valence-electron chi connectivity index (χ1n) is 9.99. The standard InChI is InChI=1S/C22H30FN3O2S/c1-4-5-12-24-22(28)26(17(2)3)16-21(27)25(15-20-7-6-13-29-20)14-18-8-10-19(23)11-9-18/h6-11,13,17H,4-5,12,14-16H2,1-3H3,(H,24,28). The molecule has 0 bridgehead atoms. The van der Waals surface area contributed by atoms with Gasteiger partial charge in [0.15, 0.2) is 0 Å². The number of urea groups is 1. The third kappa shape index (κ3) is 7.49. The highest BCUT2D eigenvalue weighted by Gasteiger charge is 2.24. The van der Waals surface area contributed by atoms with Crippen LogP contribution >= 0.6 is 11.3 Å². The van der Waals surface area contributed by atoms with E-state index in [0.717, 1.165) is 23.3 Å². The molecule has 1 N–H and O–H groups in total. The molecule has 0 atom stereocenters. The van der Waals surface area contributed by atoms with E-state index >= 15 is 0 Å². The second-order valence-corrected chi connectivity index (χ2v) is 8.30. The second-order valence-electron chi connectivity index (χ2n) is 7.26. The first-order chi connectivity index (χ1) is 13.9. The maximum Gasteiger partial charge on any atom is 0.318 e. The van der Waals surface area contributed by atoms with Gasteiger partial charge in [0.1, 0.15) is 12.4 Å². The van der Waals surface area contributed by atoms with Crippen molar-refractivity contribution in [1.82, 2.24) is 15.1 Å². The van der Waals surface area contributed by atoms with Gasteiger partial charge in [0.05, 0.1) is 6.54 Å². The van der Waals surface area contributed by atoms with Crippen LogP contribution in [0.3, 0.4) is 0 Å². The predicted octanol–water partition coefficient (Wildman–Crippen LogP) is 4.64. The number of nitrogens with one attached hydrogen (secondary N) is 1. The lowest BCUT2D eigenvalue weighted by atomic mass is 10.2. The molecule has 1 aromatic heterocycles. The number of carbonyl (C=O) groups is 2. The number of rotatable bonds is 10. The van der Waals surface area contributed by atoms with Crippen molar-refractivity contribution in [2.75, 3.05) is 13.1 Å². The van der Waals surface area contributed by atoms with Crippen LogP contribution in [-0.2, 0) is 17.9 Å². The number of unbranched alkanes of at least 4 members (excludes halogenated alkanes) is 1. The lowest BCUT2D eigenvalue weighted by Gasteiger charge is -2.30. The molecule has 2 rings (SSSR count). The zero-order valence-electron chi connectivity index (χ0n) is 17.4. The largest absolute Gasteiger partial charge is 0.338 e. The Balaban J connectivity index is 2.11. The molecule has 0 aliphatic rings. The molecule has 3 amide bonds. The summed E-state index contributed by atoms with van der Waals surface area (Å²) in [6, 6.07) is 9.75. The predicted molar refractivity (Wildman–Crippen MR) is 115 cm³/mol. The Morgan fingerprint density at radius 1 is 1.14 bits per heavy atom. The number of carbonyl (C=O) groups excluding carboxylic acids is 2. The van der Waals surface area contributed by atoms with Crippen molar-refractivity contribution in [3.05, 3.63) is 58.0 Å². The summed E-state index contributed by atoms with van der Waals surface area (Å²) in [7, 11) is 0. The molecule has 0 saturated carbocycles. The Bertz CT molecular complexity index is 763. The molecule has 1 heterocycles. The lowest BCUT2D eigenvalue weighted by molar-refractivity contribution is -0.133. The van der Waals surface area contributed by atoms with Crippen molar-refractivity contribution in [2.45, 2.75) is 52.7 Å². The highest BCUT2D eigenvalue weighted by atomic mass is 32.1. The average molecular weight is 420 g/mol. The zero-order valence-corrected chi connectivity index (χ0v) is 18.2. The van der Waals surface area contributed by atoms with E-state index in [2.05, 4.69) is 12.2 Å². The van der Waals surface area contributed by atoms with E-state index < -0.39 is 0 Å². The van der Waals surface area contributed by atoms with E-state index in [4.69, 9.17) is 0 Å². The number of nitrogens with zero attached hydrogens (tertiary/aromatic N) is 2. The Morgan fingerprint density at radius 3 is 2.45 bits per heavy atom. The van der Waals surface area contributed by atoms with Crippen LogP contribution < -0.4 is 5.32 Å². The average Bonchev–Trinajstić information content (AvgIpc) is 3.20. The SMILES string of the molecule is CCCCNC(=O)N(CC(=O)N(Cc1ccc(F)cc1)Cc1cccs1)C(C)C. The molecular weight excluding hydrogens is 389 g/mol. The summed E-state index contributed by atoms with van der Waals surface area (Å²) in [5, 5.41) is 4.86. The third-order valence-electron chi connectivity index (χ3n) is 4.56. The molecule has 7 heteroatoms. The molecule has 0 fully saturated rings.